The van der Waals surface area contributed by atoms with Gasteiger partial charge in [0.2, 0.25) is 0 Å². The average molecular weight is 488 g/mol. The first-order valence-corrected chi connectivity index (χ1v) is 8.80. The van der Waals surface area contributed by atoms with Gasteiger partial charge in [-0.2, -0.15) is 9.78 Å². The lowest BCUT2D eigenvalue weighted by molar-refractivity contribution is 0.248. The van der Waals surface area contributed by atoms with Crippen molar-refractivity contribution >= 4 is 45.9 Å². The number of nitrogens with zero attached hydrogens (tertiary/aromatic N) is 5. The Bertz CT molecular complexity index is 937. The van der Waals surface area contributed by atoms with Crippen molar-refractivity contribution in [3.8, 4) is 5.95 Å². The summed E-state index contributed by atoms with van der Waals surface area (Å²) in [6.07, 6.45) is 4.50. The van der Waals surface area contributed by atoms with Crippen molar-refractivity contribution in [3.63, 3.8) is 0 Å². The maximum Gasteiger partial charge on any atom is 0.319 e. The van der Waals surface area contributed by atoms with E-state index in [1.165, 1.54) is 17.1 Å². The Balaban J connectivity index is 1.73. The average Bonchev–Trinajstić information content (AvgIpc) is 3.10. The van der Waals surface area contributed by atoms with Crippen LogP contribution < -0.4 is 10.6 Å². The van der Waals surface area contributed by atoms with Gasteiger partial charge >= 0.3 is 6.03 Å². The van der Waals surface area contributed by atoms with E-state index in [4.69, 9.17) is 11.6 Å². The zero-order chi connectivity index (χ0) is 18.7. The largest absolute Gasteiger partial charge is 0.328 e. The van der Waals surface area contributed by atoms with Crippen molar-refractivity contribution in [2.24, 2.45) is 0 Å². The fourth-order valence-corrected chi connectivity index (χ4v) is 3.09. The molecule has 0 aliphatic heterocycles. The number of amides is 2. The van der Waals surface area contributed by atoms with Crippen LogP contribution in [0, 0.1) is 9.39 Å². The Morgan fingerprint density at radius 1 is 1.31 bits per heavy atom. The van der Waals surface area contributed by atoms with Crippen LogP contribution in [0.5, 0.6) is 0 Å². The first-order chi connectivity index (χ1) is 12.5. The molecule has 0 radical (unpaired) electrons. The molecule has 1 atom stereocenters. The van der Waals surface area contributed by atoms with Gasteiger partial charge in [0.05, 0.1) is 16.8 Å². The SMILES string of the molecule is C[C@H](NC(=O)Nc1cc(F)c(Cl)cc1I)c1ncnn1-c1ncccn1. The monoisotopic (exact) mass is 487 g/mol. The third-order valence-electron chi connectivity index (χ3n) is 3.31. The number of aromatic nitrogens is 5. The van der Waals surface area contributed by atoms with Crippen molar-refractivity contribution in [3.05, 3.63) is 57.2 Å². The highest BCUT2D eigenvalue weighted by Gasteiger charge is 2.18. The van der Waals surface area contributed by atoms with Crippen molar-refractivity contribution in [2.45, 2.75) is 13.0 Å². The molecule has 2 amide bonds. The zero-order valence-corrected chi connectivity index (χ0v) is 16.2. The molecule has 0 saturated heterocycles. The maximum absolute atomic E-state index is 13.6. The molecule has 0 saturated carbocycles. The molecule has 0 spiro atoms. The molecule has 0 aliphatic carbocycles. The second-order valence-corrected chi connectivity index (χ2v) is 6.71. The molecule has 8 nitrogen and oxygen atoms in total. The summed E-state index contributed by atoms with van der Waals surface area (Å²) in [5, 5.41) is 9.37. The number of carbonyl (C=O) groups is 1. The van der Waals surface area contributed by atoms with Gasteiger partial charge in [0.1, 0.15) is 12.1 Å². The Morgan fingerprint density at radius 3 is 2.77 bits per heavy atom. The Labute approximate surface area is 166 Å². The van der Waals surface area contributed by atoms with Gasteiger partial charge in [-0.3, -0.25) is 0 Å². The second-order valence-electron chi connectivity index (χ2n) is 5.15. The number of urea groups is 1. The predicted octanol–water partition coefficient (Wildman–Crippen LogP) is 3.34. The van der Waals surface area contributed by atoms with E-state index in [-0.39, 0.29) is 5.02 Å². The number of benzene rings is 1. The van der Waals surface area contributed by atoms with Crippen molar-refractivity contribution in [1.29, 1.82) is 0 Å². The van der Waals surface area contributed by atoms with E-state index in [0.717, 1.165) is 6.07 Å². The van der Waals surface area contributed by atoms with Gasteiger partial charge in [-0.05, 0) is 41.6 Å². The molecular weight excluding hydrogens is 476 g/mol. The smallest absolute Gasteiger partial charge is 0.319 e. The maximum atomic E-state index is 13.6. The van der Waals surface area contributed by atoms with Crippen LogP contribution in [0.4, 0.5) is 14.9 Å². The van der Waals surface area contributed by atoms with Crippen molar-refractivity contribution in [1.82, 2.24) is 30.0 Å². The van der Waals surface area contributed by atoms with E-state index in [1.54, 1.807) is 25.4 Å². The van der Waals surface area contributed by atoms with Crippen LogP contribution in [-0.2, 0) is 0 Å². The van der Waals surface area contributed by atoms with E-state index >= 15 is 0 Å². The van der Waals surface area contributed by atoms with Gasteiger partial charge in [0.15, 0.2) is 5.82 Å². The summed E-state index contributed by atoms with van der Waals surface area (Å²) in [5.41, 5.74) is 0.310. The fraction of sp³-hybridized carbons (Fsp3) is 0.133. The predicted molar refractivity (Wildman–Crippen MR) is 102 cm³/mol. The fourth-order valence-electron chi connectivity index (χ4n) is 2.14. The summed E-state index contributed by atoms with van der Waals surface area (Å²) in [5.74, 6) is 0.170. The molecule has 2 heterocycles. The van der Waals surface area contributed by atoms with E-state index in [9.17, 15) is 9.18 Å². The van der Waals surface area contributed by atoms with Gasteiger partial charge in [0, 0.05) is 22.0 Å². The highest BCUT2D eigenvalue weighted by molar-refractivity contribution is 14.1. The van der Waals surface area contributed by atoms with Crippen LogP contribution in [0.2, 0.25) is 5.02 Å². The first kappa shape index (κ1) is 18.5. The van der Waals surface area contributed by atoms with Gasteiger partial charge < -0.3 is 10.6 Å². The van der Waals surface area contributed by atoms with Gasteiger partial charge in [-0.1, -0.05) is 11.6 Å². The Kier molecular flexibility index (Phi) is 5.61. The van der Waals surface area contributed by atoms with Crippen LogP contribution in [0.25, 0.3) is 5.95 Å². The number of hydrogen-bond donors (Lipinski definition) is 2. The van der Waals surface area contributed by atoms with E-state index in [2.05, 4.69) is 30.7 Å². The molecule has 0 fully saturated rings. The Hall–Kier alpha value is -2.34. The van der Waals surface area contributed by atoms with Crippen LogP contribution in [-0.4, -0.2) is 30.8 Å². The third-order valence-corrected chi connectivity index (χ3v) is 4.49. The third kappa shape index (κ3) is 4.07. The normalized spacial score (nSPS) is 11.8. The molecule has 2 aromatic heterocycles. The number of carbonyl (C=O) groups excluding carboxylic acids is 1. The molecule has 26 heavy (non-hydrogen) atoms. The first-order valence-electron chi connectivity index (χ1n) is 7.35. The molecule has 11 heteroatoms. The summed E-state index contributed by atoms with van der Waals surface area (Å²) in [6.45, 7) is 1.73. The summed E-state index contributed by atoms with van der Waals surface area (Å²) >= 11 is 7.67. The minimum Gasteiger partial charge on any atom is -0.328 e. The highest BCUT2D eigenvalue weighted by atomic mass is 127. The summed E-state index contributed by atoms with van der Waals surface area (Å²) < 4.78 is 15.6. The molecule has 3 aromatic rings. The molecule has 0 unspecified atom stereocenters. The van der Waals surface area contributed by atoms with Crippen LogP contribution in [0.15, 0.2) is 36.9 Å². The number of rotatable bonds is 4. The lowest BCUT2D eigenvalue weighted by Gasteiger charge is -2.15. The zero-order valence-electron chi connectivity index (χ0n) is 13.3. The minimum atomic E-state index is -0.614. The molecule has 1 aromatic carbocycles. The van der Waals surface area contributed by atoms with Crippen LogP contribution >= 0.6 is 34.2 Å². The number of anilines is 1. The van der Waals surface area contributed by atoms with E-state index < -0.39 is 17.9 Å². The van der Waals surface area contributed by atoms with Crippen molar-refractivity contribution in [2.75, 3.05) is 5.32 Å². The molecule has 0 aliphatic rings. The van der Waals surface area contributed by atoms with Gasteiger partial charge in [0.25, 0.3) is 5.95 Å². The van der Waals surface area contributed by atoms with Crippen LogP contribution in [0.3, 0.4) is 0 Å². The quantitative estimate of drug-likeness (QED) is 0.435. The number of halogens is 3. The molecule has 0 bridgehead atoms. The Morgan fingerprint density at radius 2 is 2.04 bits per heavy atom. The lowest BCUT2D eigenvalue weighted by Crippen LogP contribution is -2.33. The summed E-state index contributed by atoms with van der Waals surface area (Å²) in [7, 11) is 0. The van der Waals surface area contributed by atoms with Gasteiger partial charge in [-0.15, -0.1) is 0 Å². The summed E-state index contributed by atoms with van der Waals surface area (Å²) in [6, 6.07) is 3.24. The lowest BCUT2D eigenvalue weighted by atomic mass is 10.3. The second kappa shape index (κ2) is 7.91. The molecule has 134 valence electrons. The van der Waals surface area contributed by atoms with Crippen LogP contribution in [0.1, 0.15) is 18.8 Å². The van der Waals surface area contributed by atoms with E-state index in [0.29, 0.717) is 21.0 Å². The summed E-state index contributed by atoms with van der Waals surface area (Å²) in [4.78, 5) is 24.6. The standard InChI is InChI=1S/C15H12ClFIN7O/c1-8(13-21-7-22-25(13)14-19-3-2-4-20-14)23-15(26)24-12-6-10(17)9(16)5-11(12)18/h2-8H,1H3,(H2,23,24,26)/t8-/m0/s1. The molecular formula is C15H12ClFIN7O. The topological polar surface area (TPSA) is 97.6 Å². The molecule has 3 rings (SSSR count). The number of hydrogen-bond acceptors (Lipinski definition) is 5. The highest BCUT2D eigenvalue weighted by Crippen LogP contribution is 2.25. The molecule has 2 N–H and O–H groups in total. The minimum absolute atomic E-state index is 0.00955. The van der Waals surface area contributed by atoms with E-state index in [1.807, 2.05) is 22.6 Å². The van der Waals surface area contributed by atoms with Gasteiger partial charge in [-0.25, -0.2) is 24.1 Å². The van der Waals surface area contributed by atoms with Crippen molar-refractivity contribution < 1.29 is 9.18 Å². The number of nitrogens with one attached hydrogen (secondary N) is 2.